The first-order chi connectivity index (χ1) is 14.0. The van der Waals surface area contributed by atoms with Crippen LogP contribution < -0.4 is 5.32 Å². The van der Waals surface area contributed by atoms with Gasteiger partial charge in [0.1, 0.15) is 11.2 Å². The van der Waals surface area contributed by atoms with Crippen molar-refractivity contribution in [3.8, 4) is 0 Å². The summed E-state index contributed by atoms with van der Waals surface area (Å²) in [6, 6.07) is 13.1. The van der Waals surface area contributed by atoms with Crippen LogP contribution in [0.1, 0.15) is 39.6 Å². The van der Waals surface area contributed by atoms with Gasteiger partial charge in [-0.05, 0) is 42.7 Å². The quantitative estimate of drug-likeness (QED) is 0.705. The van der Waals surface area contributed by atoms with Crippen LogP contribution >= 0.6 is 0 Å². The van der Waals surface area contributed by atoms with Gasteiger partial charge < -0.3 is 10.2 Å². The van der Waals surface area contributed by atoms with E-state index >= 15 is 0 Å². The second kappa shape index (κ2) is 6.27. The number of H-pyrrole nitrogens is 1. The van der Waals surface area contributed by atoms with E-state index in [0.29, 0.717) is 24.2 Å². The number of likely N-dealkylation sites (tertiary alicyclic amines) is 1. The van der Waals surface area contributed by atoms with Gasteiger partial charge in [-0.2, -0.15) is 5.10 Å². The third-order valence-corrected chi connectivity index (χ3v) is 6.09. The minimum absolute atomic E-state index is 0.132. The molecule has 146 valence electrons. The molecule has 7 heteroatoms. The maximum atomic E-state index is 13.6. The molecule has 0 bridgehead atoms. The van der Waals surface area contributed by atoms with Crippen LogP contribution in [0.2, 0.25) is 0 Å². The molecule has 1 spiro atoms. The zero-order valence-corrected chi connectivity index (χ0v) is 15.8. The van der Waals surface area contributed by atoms with E-state index in [1.54, 1.807) is 24.0 Å². The minimum Gasteiger partial charge on any atom is -0.330 e. The van der Waals surface area contributed by atoms with Crippen molar-refractivity contribution in [1.29, 1.82) is 0 Å². The summed E-state index contributed by atoms with van der Waals surface area (Å²) in [5.41, 5.74) is 2.59. The Kier molecular flexibility index (Phi) is 3.81. The lowest BCUT2D eigenvalue weighted by molar-refractivity contribution is -0.121. The molecular weight excluding hydrogens is 371 g/mol. The predicted octanol–water partition coefficient (Wildman–Crippen LogP) is 3.33. The van der Waals surface area contributed by atoms with E-state index in [9.17, 15) is 14.0 Å². The molecular formula is C22H19FN4O2. The van der Waals surface area contributed by atoms with Crippen molar-refractivity contribution in [2.24, 2.45) is 0 Å². The van der Waals surface area contributed by atoms with Crippen molar-refractivity contribution in [2.75, 3.05) is 11.9 Å². The van der Waals surface area contributed by atoms with E-state index < -0.39 is 11.5 Å². The first-order valence-corrected chi connectivity index (χ1v) is 9.50. The Bertz CT molecular complexity index is 1120. The SMILES string of the molecule is Cc1[nH]ncc1C(=O)N1CCC2(C(=O)Nc3ccccc32)C1c1ccc(F)cc1. The van der Waals surface area contributed by atoms with E-state index in [2.05, 4.69) is 15.5 Å². The number of halogens is 1. The molecule has 3 aromatic rings. The van der Waals surface area contributed by atoms with Crippen molar-refractivity contribution < 1.29 is 14.0 Å². The van der Waals surface area contributed by atoms with Gasteiger partial charge in [0.25, 0.3) is 5.91 Å². The molecule has 6 nitrogen and oxygen atoms in total. The molecule has 2 amide bonds. The van der Waals surface area contributed by atoms with Crippen LogP contribution in [0, 0.1) is 12.7 Å². The highest BCUT2D eigenvalue weighted by Gasteiger charge is 2.59. The largest absolute Gasteiger partial charge is 0.330 e. The maximum absolute atomic E-state index is 13.6. The number of carbonyl (C=O) groups is 2. The Hall–Kier alpha value is -3.48. The number of aryl methyl sites for hydroxylation is 1. The van der Waals surface area contributed by atoms with Gasteiger partial charge in [-0.1, -0.05) is 30.3 Å². The molecule has 0 aliphatic carbocycles. The van der Waals surface area contributed by atoms with Crippen LogP contribution in [-0.4, -0.2) is 33.5 Å². The lowest BCUT2D eigenvalue weighted by atomic mass is 9.72. The first-order valence-electron chi connectivity index (χ1n) is 9.50. The minimum atomic E-state index is -0.915. The summed E-state index contributed by atoms with van der Waals surface area (Å²) in [6.45, 7) is 2.20. The number of amides is 2. The smallest absolute Gasteiger partial charge is 0.257 e. The highest BCUT2D eigenvalue weighted by Crippen LogP contribution is 2.54. The van der Waals surface area contributed by atoms with Crippen molar-refractivity contribution >= 4 is 17.5 Å². The number of nitrogens with one attached hydrogen (secondary N) is 2. The zero-order chi connectivity index (χ0) is 20.2. The summed E-state index contributed by atoms with van der Waals surface area (Å²) in [4.78, 5) is 28.4. The lowest BCUT2D eigenvalue weighted by Gasteiger charge is -2.34. The van der Waals surface area contributed by atoms with Gasteiger partial charge in [0.15, 0.2) is 0 Å². The molecule has 2 unspecified atom stereocenters. The molecule has 2 aliphatic rings. The van der Waals surface area contributed by atoms with E-state index in [-0.39, 0.29) is 17.6 Å². The van der Waals surface area contributed by atoms with E-state index in [1.807, 2.05) is 24.3 Å². The predicted molar refractivity (Wildman–Crippen MR) is 105 cm³/mol. The summed E-state index contributed by atoms with van der Waals surface area (Å²) in [5.74, 6) is -0.688. The number of hydrogen-bond acceptors (Lipinski definition) is 3. The molecule has 3 heterocycles. The molecule has 2 aliphatic heterocycles. The zero-order valence-electron chi connectivity index (χ0n) is 15.8. The number of benzene rings is 2. The molecule has 2 atom stereocenters. The summed E-state index contributed by atoms with van der Waals surface area (Å²) < 4.78 is 13.6. The Morgan fingerprint density at radius 2 is 1.97 bits per heavy atom. The van der Waals surface area contributed by atoms with Crippen molar-refractivity contribution in [1.82, 2.24) is 15.1 Å². The highest BCUT2D eigenvalue weighted by atomic mass is 19.1. The number of fused-ring (bicyclic) bond motifs is 2. The van der Waals surface area contributed by atoms with Crippen molar-refractivity contribution in [3.63, 3.8) is 0 Å². The summed E-state index contributed by atoms with van der Waals surface area (Å²) in [7, 11) is 0. The fourth-order valence-electron chi connectivity index (χ4n) is 4.73. The third-order valence-electron chi connectivity index (χ3n) is 6.09. The van der Waals surface area contributed by atoms with Crippen LogP contribution in [0.15, 0.2) is 54.7 Å². The average molecular weight is 390 g/mol. The van der Waals surface area contributed by atoms with Gasteiger partial charge in [-0.15, -0.1) is 0 Å². The second-order valence-corrected chi connectivity index (χ2v) is 7.58. The number of hydrogen-bond donors (Lipinski definition) is 2. The van der Waals surface area contributed by atoms with Gasteiger partial charge in [-0.25, -0.2) is 4.39 Å². The molecule has 1 saturated heterocycles. The molecule has 5 rings (SSSR count). The normalized spacial score (nSPS) is 22.8. The number of aromatic nitrogens is 2. The van der Waals surface area contributed by atoms with Crippen LogP contribution in [0.25, 0.3) is 0 Å². The topological polar surface area (TPSA) is 78.1 Å². The van der Waals surface area contributed by atoms with Crippen LogP contribution in [0.5, 0.6) is 0 Å². The van der Waals surface area contributed by atoms with E-state index in [0.717, 1.165) is 16.8 Å². The second-order valence-electron chi connectivity index (χ2n) is 7.58. The van der Waals surface area contributed by atoms with Gasteiger partial charge in [0, 0.05) is 17.9 Å². The molecule has 1 fully saturated rings. The lowest BCUT2D eigenvalue weighted by Crippen LogP contribution is -2.42. The summed E-state index contributed by atoms with van der Waals surface area (Å²) in [6.07, 6.45) is 1.99. The Labute approximate surface area is 166 Å². The standard InChI is InChI=1S/C22H19FN4O2/c1-13-16(12-24-26-13)20(28)27-11-10-22(19(27)14-6-8-15(23)9-7-14)17-4-2-3-5-18(17)25-21(22)29/h2-9,12,19H,10-11H2,1H3,(H,24,26)(H,25,29). The molecule has 0 saturated carbocycles. The van der Waals surface area contributed by atoms with Gasteiger partial charge in [0.05, 0.1) is 17.8 Å². The third kappa shape index (κ3) is 2.43. The van der Waals surface area contributed by atoms with Crippen LogP contribution in [0.3, 0.4) is 0 Å². The fraction of sp³-hybridized carbons (Fsp3) is 0.227. The van der Waals surface area contributed by atoms with Gasteiger partial charge in [-0.3, -0.25) is 14.7 Å². The maximum Gasteiger partial charge on any atom is 0.257 e. The molecule has 29 heavy (non-hydrogen) atoms. The fourth-order valence-corrected chi connectivity index (χ4v) is 4.73. The summed E-state index contributed by atoms with van der Waals surface area (Å²) >= 11 is 0. The summed E-state index contributed by atoms with van der Waals surface area (Å²) in [5, 5.41) is 9.73. The van der Waals surface area contributed by atoms with Gasteiger partial charge in [0.2, 0.25) is 5.91 Å². The number of para-hydroxylation sites is 1. The molecule has 0 radical (unpaired) electrons. The number of anilines is 1. The molecule has 2 N–H and O–H groups in total. The Morgan fingerprint density at radius 3 is 2.69 bits per heavy atom. The highest BCUT2D eigenvalue weighted by molar-refractivity contribution is 6.08. The number of rotatable bonds is 2. The monoisotopic (exact) mass is 390 g/mol. The Balaban J connectivity index is 1.69. The number of nitrogens with zero attached hydrogens (tertiary/aromatic N) is 2. The van der Waals surface area contributed by atoms with Crippen molar-refractivity contribution in [2.45, 2.75) is 24.8 Å². The van der Waals surface area contributed by atoms with Crippen molar-refractivity contribution in [3.05, 3.63) is 82.9 Å². The van der Waals surface area contributed by atoms with Crippen LogP contribution in [0.4, 0.5) is 10.1 Å². The van der Waals surface area contributed by atoms with E-state index in [1.165, 1.54) is 18.3 Å². The first kappa shape index (κ1) is 17.6. The number of carbonyl (C=O) groups excluding carboxylic acids is 2. The molecule has 1 aromatic heterocycles. The van der Waals surface area contributed by atoms with Gasteiger partial charge >= 0.3 is 0 Å². The average Bonchev–Trinajstić information content (AvgIpc) is 3.40. The van der Waals surface area contributed by atoms with E-state index in [4.69, 9.17) is 0 Å². The Morgan fingerprint density at radius 1 is 1.21 bits per heavy atom. The molecule has 2 aromatic carbocycles. The number of aromatic amines is 1. The van der Waals surface area contributed by atoms with Crippen LogP contribution in [-0.2, 0) is 10.2 Å².